The first kappa shape index (κ1) is 19.8. The van der Waals surface area contributed by atoms with Crippen molar-refractivity contribution < 1.29 is 13.9 Å². The lowest BCUT2D eigenvalue weighted by Gasteiger charge is -2.16. The van der Waals surface area contributed by atoms with E-state index in [4.69, 9.17) is 4.74 Å². The van der Waals surface area contributed by atoms with Gasteiger partial charge in [0, 0.05) is 0 Å². The second kappa shape index (κ2) is 12.5. The second-order valence-corrected chi connectivity index (χ2v) is 6.98. The highest BCUT2D eigenvalue weighted by Crippen LogP contribution is 2.21. The summed E-state index contributed by atoms with van der Waals surface area (Å²) in [7, 11) is 0. The van der Waals surface area contributed by atoms with Crippen molar-refractivity contribution in [3.8, 4) is 0 Å². The topological polar surface area (TPSA) is 26.3 Å². The van der Waals surface area contributed by atoms with Crippen LogP contribution in [0.5, 0.6) is 0 Å². The Morgan fingerprint density at radius 1 is 1.20 bits per heavy atom. The molecule has 0 aliphatic rings. The van der Waals surface area contributed by atoms with Crippen LogP contribution in [0.3, 0.4) is 0 Å². The third-order valence-corrected chi connectivity index (χ3v) is 4.40. The number of hydrogen-bond acceptors (Lipinski definition) is 3. The maximum atomic E-state index is 13.1. The number of hydrogen-bond donors (Lipinski definition) is 0. The molecule has 0 amide bonds. The van der Waals surface area contributed by atoms with Crippen LogP contribution < -0.4 is 0 Å². The molecule has 0 aromatic heterocycles. The molecule has 0 saturated carbocycles. The molecule has 0 fully saturated rings. The molecular weight excluding hydrogens is 275 g/mol. The SMILES string of the molecule is CCCC(SCCCCC(F)CC)C(=O)OCC(C)C. The fourth-order valence-electron chi connectivity index (χ4n) is 1.77. The predicted molar refractivity (Wildman–Crippen MR) is 86.0 cm³/mol. The first-order valence-corrected chi connectivity index (χ1v) is 8.98. The molecule has 4 heteroatoms. The van der Waals surface area contributed by atoms with E-state index in [2.05, 4.69) is 6.92 Å². The van der Waals surface area contributed by atoms with Crippen LogP contribution in [-0.4, -0.2) is 29.8 Å². The summed E-state index contributed by atoms with van der Waals surface area (Å²) in [5, 5.41) is -0.0499. The van der Waals surface area contributed by atoms with Gasteiger partial charge in [-0.25, -0.2) is 4.39 Å². The Bertz CT molecular complexity index is 247. The van der Waals surface area contributed by atoms with E-state index >= 15 is 0 Å². The molecule has 0 aromatic carbocycles. The molecule has 120 valence electrons. The largest absolute Gasteiger partial charge is 0.465 e. The smallest absolute Gasteiger partial charge is 0.319 e. The Balaban J connectivity index is 3.86. The van der Waals surface area contributed by atoms with Gasteiger partial charge in [-0.2, -0.15) is 0 Å². The maximum Gasteiger partial charge on any atom is 0.319 e. The number of thioether (sulfide) groups is 1. The third-order valence-electron chi connectivity index (χ3n) is 3.05. The lowest BCUT2D eigenvalue weighted by atomic mass is 10.1. The molecule has 0 aliphatic carbocycles. The van der Waals surface area contributed by atoms with E-state index in [1.165, 1.54) is 0 Å². The first-order chi connectivity index (χ1) is 9.51. The highest BCUT2D eigenvalue weighted by atomic mass is 32.2. The zero-order chi connectivity index (χ0) is 15.4. The quantitative estimate of drug-likeness (QED) is 0.375. The molecule has 0 spiro atoms. The van der Waals surface area contributed by atoms with Gasteiger partial charge in [-0.15, -0.1) is 11.8 Å². The number of unbranched alkanes of at least 4 members (excludes halogenated alkanes) is 1. The summed E-state index contributed by atoms with van der Waals surface area (Å²) in [4.78, 5) is 12.0. The zero-order valence-corrected chi connectivity index (χ0v) is 14.3. The van der Waals surface area contributed by atoms with Gasteiger partial charge in [0.1, 0.15) is 5.25 Å². The van der Waals surface area contributed by atoms with Crippen LogP contribution in [0.4, 0.5) is 4.39 Å². The van der Waals surface area contributed by atoms with Crippen molar-refractivity contribution in [3.05, 3.63) is 0 Å². The van der Waals surface area contributed by atoms with Gasteiger partial charge in [-0.3, -0.25) is 4.79 Å². The van der Waals surface area contributed by atoms with Gasteiger partial charge in [0.2, 0.25) is 0 Å². The summed E-state index contributed by atoms with van der Waals surface area (Å²) in [6.45, 7) is 8.53. The fraction of sp³-hybridized carbons (Fsp3) is 0.938. The molecule has 0 aliphatic heterocycles. The van der Waals surface area contributed by atoms with Crippen LogP contribution in [0, 0.1) is 5.92 Å². The van der Waals surface area contributed by atoms with Gasteiger partial charge in [-0.05, 0) is 43.8 Å². The fourth-order valence-corrected chi connectivity index (χ4v) is 3.03. The molecule has 0 bridgehead atoms. The van der Waals surface area contributed by atoms with Gasteiger partial charge < -0.3 is 4.74 Å². The molecule has 0 aromatic rings. The molecular formula is C16H31FO2S. The minimum atomic E-state index is -0.664. The van der Waals surface area contributed by atoms with Crippen molar-refractivity contribution in [1.29, 1.82) is 0 Å². The van der Waals surface area contributed by atoms with E-state index in [1.54, 1.807) is 11.8 Å². The summed E-state index contributed by atoms with van der Waals surface area (Å²) in [6, 6.07) is 0. The van der Waals surface area contributed by atoms with Gasteiger partial charge in [0.25, 0.3) is 0 Å². The number of rotatable bonds is 12. The molecule has 2 unspecified atom stereocenters. The second-order valence-electron chi connectivity index (χ2n) is 5.67. The van der Waals surface area contributed by atoms with E-state index in [-0.39, 0.29) is 11.2 Å². The lowest BCUT2D eigenvalue weighted by Crippen LogP contribution is -2.22. The molecule has 20 heavy (non-hydrogen) atoms. The molecule has 0 N–H and O–H groups in total. The lowest BCUT2D eigenvalue weighted by molar-refractivity contribution is -0.144. The number of carbonyl (C=O) groups excluding carboxylic acids is 1. The Hall–Kier alpha value is -0.250. The van der Waals surface area contributed by atoms with Gasteiger partial charge >= 0.3 is 5.97 Å². The number of halogens is 1. The minimum absolute atomic E-state index is 0.0499. The molecule has 0 rings (SSSR count). The van der Waals surface area contributed by atoms with Crippen molar-refractivity contribution in [2.75, 3.05) is 12.4 Å². The Morgan fingerprint density at radius 2 is 1.90 bits per heavy atom. The Kier molecular flexibility index (Phi) is 12.3. The van der Waals surface area contributed by atoms with Crippen LogP contribution in [0.25, 0.3) is 0 Å². The minimum Gasteiger partial charge on any atom is -0.465 e. The van der Waals surface area contributed by atoms with Crippen molar-refractivity contribution in [2.24, 2.45) is 5.92 Å². The van der Waals surface area contributed by atoms with Crippen LogP contribution in [-0.2, 0) is 9.53 Å². The standard InChI is InChI=1S/C16H31FO2S/c1-5-9-15(16(18)19-12-13(3)4)20-11-8-7-10-14(17)6-2/h13-15H,5-12H2,1-4H3. The van der Waals surface area contributed by atoms with Crippen LogP contribution in [0.2, 0.25) is 0 Å². The number of carbonyl (C=O) groups is 1. The van der Waals surface area contributed by atoms with E-state index in [1.807, 2.05) is 20.8 Å². The van der Waals surface area contributed by atoms with Crippen molar-refractivity contribution >= 4 is 17.7 Å². The molecule has 0 radical (unpaired) electrons. The summed E-state index contributed by atoms with van der Waals surface area (Å²) in [5.74, 6) is 1.21. The number of ether oxygens (including phenoxy) is 1. The average molecular weight is 306 g/mol. The summed E-state index contributed by atoms with van der Waals surface area (Å²) < 4.78 is 18.4. The average Bonchev–Trinajstić information content (AvgIpc) is 2.42. The summed E-state index contributed by atoms with van der Waals surface area (Å²) >= 11 is 1.67. The maximum absolute atomic E-state index is 13.1. The number of esters is 1. The highest BCUT2D eigenvalue weighted by Gasteiger charge is 2.19. The Labute approximate surface area is 128 Å². The van der Waals surface area contributed by atoms with E-state index in [0.29, 0.717) is 25.4 Å². The summed E-state index contributed by atoms with van der Waals surface area (Å²) in [6.07, 6.45) is 4.31. The van der Waals surface area contributed by atoms with Crippen molar-refractivity contribution in [2.45, 2.75) is 77.6 Å². The van der Waals surface area contributed by atoms with Gasteiger partial charge in [-0.1, -0.05) is 34.1 Å². The first-order valence-electron chi connectivity index (χ1n) is 7.93. The Morgan fingerprint density at radius 3 is 2.45 bits per heavy atom. The van der Waals surface area contributed by atoms with E-state index < -0.39 is 6.17 Å². The van der Waals surface area contributed by atoms with E-state index in [0.717, 1.165) is 31.4 Å². The molecule has 0 heterocycles. The highest BCUT2D eigenvalue weighted by molar-refractivity contribution is 8.00. The van der Waals surface area contributed by atoms with Crippen LogP contribution >= 0.6 is 11.8 Å². The molecule has 2 nitrogen and oxygen atoms in total. The van der Waals surface area contributed by atoms with Gasteiger partial charge in [0.05, 0.1) is 12.8 Å². The van der Waals surface area contributed by atoms with Gasteiger partial charge in [0.15, 0.2) is 0 Å². The van der Waals surface area contributed by atoms with Crippen molar-refractivity contribution in [1.82, 2.24) is 0 Å². The van der Waals surface area contributed by atoms with E-state index in [9.17, 15) is 9.18 Å². The third kappa shape index (κ3) is 10.5. The molecule has 0 saturated heterocycles. The van der Waals surface area contributed by atoms with Crippen LogP contribution in [0.1, 0.15) is 66.2 Å². The summed E-state index contributed by atoms with van der Waals surface area (Å²) in [5.41, 5.74) is 0. The normalized spacial score (nSPS) is 14.3. The predicted octanol–water partition coefficient (Wildman–Crippen LogP) is 5.01. The number of alkyl halides is 1. The van der Waals surface area contributed by atoms with Crippen molar-refractivity contribution in [3.63, 3.8) is 0 Å². The molecule has 2 atom stereocenters. The van der Waals surface area contributed by atoms with Crippen LogP contribution in [0.15, 0.2) is 0 Å². The monoisotopic (exact) mass is 306 g/mol. The zero-order valence-electron chi connectivity index (χ0n) is 13.5.